The number of aryl methyl sites for hydroxylation is 1. The Hall–Kier alpha value is -2.39. The fraction of sp³-hybridized carbons (Fsp3) is 0.444. The number of piperidine rings is 1. The third kappa shape index (κ3) is 4.30. The molecule has 2 aromatic rings. The molecule has 2 heterocycles. The van der Waals surface area contributed by atoms with Crippen LogP contribution in [0.4, 0.5) is 0 Å². The number of hydrogen-bond acceptors (Lipinski definition) is 7. The maximum Gasteiger partial charge on any atom is 0.243 e. The number of benzene rings is 1. The van der Waals surface area contributed by atoms with Gasteiger partial charge in [0.05, 0.1) is 25.7 Å². The lowest BCUT2D eigenvalue weighted by Crippen LogP contribution is -2.44. The molecule has 0 spiro atoms. The van der Waals surface area contributed by atoms with Gasteiger partial charge < -0.3 is 14.2 Å². The Morgan fingerprint density at radius 2 is 1.81 bits per heavy atom. The quantitative estimate of drug-likeness (QED) is 0.742. The molecule has 1 aliphatic rings. The van der Waals surface area contributed by atoms with Crippen molar-refractivity contribution in [3.8, 4) is 17.5 Å². The molecule has 0 N–H and O–H groups in total. The van der Waals surface area contributed by atoms with E-state index in [4.69, 9.17) is 14.2 Å². The average Bonchev–Trinajstić information content (AvgIpc) is 2.68. The van der Waals surface area contributed by atoms with E-state index in [1.807, 2.05) is 6.92 Å². The van der Waals surface area contributed by atoms with Crippen LogP contribution < -0.4 is 14.2 Å². The molecule has 8 nitrogen and oxygen atoms in total. The SMILES string of the molecule is COc1ccc(OC2CCCN(S(=O)(=O)c3ccc(OC)c(C)c3)C2)nn1. The Morgan fingerprint density at radius 3 is 2.44 bits per heavy atom. The van der Waals surface area contributed by atoms with E-state index in [-0.39, 0.29) is 17.5 Å². The maximum atomic E-state index is 13.0. The third-order valence-corrected chi connectivity index (χ3v) is 6.32. The van der Waals surface area contributed by atoms with Crippen LogP contribution in [-0.4, -0.2) is 56.3 Å². The lowest BCUT2D eigenvalue weighted by Gasteiger charge is -2.31. The second-order valence-corrected chi connectivity index (χ2v) is 8.23. The fourth-order valence-corrected chi connectivity index (χ4v) is 4.63. The van der Waals surface area contributed by atoms with Gasteiger partial charge in [0.25, 0.3) is 0 Å². The van der Waals surface area contributed by atoms with Crippen LogP contribution in [0.2, 0.25) is 0 Å². The highest BCUT2D eigenvalue weighted by Crippen LogP contribution is 2.26. The molecule has 1 fully saturated rings. The molecule has 0 bridgehead atoms. The fourth-order valence-electron chi connectivity index (χ4n) is 3.03. The zero-order chi connectivity index (χ0) is 19.4. The minimum Gasteiger partial charge on any atom is -0.496 e. The van der Waals surface area contributed by atoms with Crippen molar-refractivity contribution in [3.63, 3.8) is 0 Å². The van der Waals surface area contributed by atoms with E-state index in [9.17, 15) is 8.42 Å². The number of aromatic nitrogens is 2. The molecule has 0 amide bonds. The van der Waals surface area contributed by atoms with E-state index in [0.29, 0.717) is 30.5 Å². The van der Waals surface area contributed by atoms with Crippen molar-refractivity contribution < 1.29 is 22.6 Å². The number of rotatable bonds is 6. The topological polar surface area (TPSA) is 90.9 Å². The van der Waals surface area contributed by atoms with Crippen LogP contribution in [0.15, 0.2) is 35.2 Å². The van der Waals surface area contributed by atoms with Crippen LogP contribution in [0.25, 0.3) is 0 Å². The largest absolute Gasteiger partial charge is 0.496 e. The first-order valence-electron chi connectivity index (χ1n) is 8.63. The summed E-state index contributed by atoms with van der Waals surface area (Å²) in [4.78, 5) is 0.255. The average molecular weight is 393 g/mol. The molecule has 1 aliphatic heterocycles. The molecule has 27 heavy (non-hydrogen) atoms. The molecule has 1 unspecified atom stereocenters. The van der Waals surface area contributed by atoms with Crippen molar-refractivity contribution in [2.75, 3.05) is 27.3 Å². The third-order valence-electron chi connectivity index (χ3n) is 4.46. The van der Waals surface area contributed by atoms with Crippen LogP contribution in [0.5, 0.6) is 17.5 Å². The number of sulfonamides is 1. The molecule has 9 heteroatoms. The van der Waals surface area contributed by atoms with Crippen LogP contribution in [0.3, 0.4) is 0 Å². The standard InChI is InChI=1S/C18H23N3O5S/c1-13-11-15(6-7-16(13)24-2)27(22,23)21-10-4-5-14(12-21)26-18-9-8-17(25-3)19-20-18/h6-9,11,14H,4-5,10,12H2,1-3H3. The molecule has 0 aliphatic carbocycles. The first-order valence-corrected chi connectivity index (χ1v) is 10.1. The Kier molecular flexibility index (Phi) is 5.81. The van der Waals surface area contributed by atoms with E-state index in [0.717, 1.165) is 12.0 Å². The van der Waals surface area contributed by atoms with Gasteiger partial charge in [-0.1, -0.05) is 0 Å². The van der Waals surface area contributed by atoms with Crippen molar-refractivity contribution in [2.24, 2.45) is 0 Å². The highest BCUT2D eigenvalue weighted by atomic mass is 32.2. The number of nitrogens with zero attached hydrogens (tertiary/aromatic N) is 3. The zero-order valence-electron chi connectivity index (χ0n) is 15.6. The summed E-state index contributed by atoms with van der Waals surface area (Å²) in [5.41, 5.74) is 0.775. The molecule has 1 saturated heterocycles. The van der Waals surface area contributed by atoms with E-state index >= 15 is 0 Å². The van der Waals surface area contributed by atoms with E-state index in [2.05, 4.69) is 10.2 Å². The molecule has 1 aromatic heterocycles. The van der Waals surface area contributed by atoms with Crippen molar-refractivity contribution in [2.45, 2.75) is 30.8 Å². The van der Waals surface area contributed by atoms with E-state index in [1.165, 1.54) is 11.4 Å². The summed E-state index contributed by atoms with van der Waals surface area (Å²) in [7, 11) is -0.534. The monoisotopic (exact) mass is 393 g/mol. The highest BCUT2D eigenvalue weighted by Gasteiger charge is 2.31. The molecule has 1 atom stereocenters. The van der Waals surface area contributed by atoms with Gasteiger partial charge in [0, 0.05) is 18.7 Å². The summed E-state index contributed by atoms with van der Waals surface area (Å²) >= 11 is 0. The van der Waals surface area contributed by atoms with E-state index < -0.39 is 10.0 Å². The maximum absolute atomic E-state index is 13.0. The van der Waals surface area contributed by atoms with Crippen molar-refractivity contribution >= 4 is 10.0 Å². The lowest BCUT2D eigenvalue weighted by atomic mass is 10.1. The smallest absolute Gasteiger partial charge is 0.243 e. The van der Waals surface area contributed by atoms with Crippen molar-refractivity contribution in [1.82, 2.24) is 14.5 Å². The van der Waals surface area contributed by atoms with Gasteiger partial charge in [-0.3, -0.25) is 0 Å². The number of methoxy groups -OCH3 is 2. The summed E-state index contributed by atoms with van der Waals surface area (Å²) in [5, 5.41) is 7.80. The molecule has 0 saturated carbocycles. The molecule has 146 valence electrons. The molecular formula is C18H23N3O5S. The van der Waals surface area contributed by atoms with Crippen LogP contribution in [-0.2, 0) is 10.0 Å². The zero-order valence-corrected chi connectivity index (χ0v) is 16.4. The van der Waals surface area contributed by atoms with Gasteiger partial charge in [0.2, 0.25) is 21.8 Å². The summed E-state index contributed by atoms with van der Waals surface area (Å²) in [6.45, 7) is 2.55. The van der Waals surface area contributed by atoms with Crippen molar-refractivity contribution in [1.29, 1.82) is 0 Å². The van der Waals surface area contributed by atoms with Gasteiger partial charge in [-0.2, -0.15) is 4.31 Å². The number of ether oxygens (including phenoxy) is 3. The van der Waals surface area contributed by atoms with Gasteiger partial charge in [0.15, 0.2) is 0 Å². The molecule has 0 radical (unpaired) electrons. The Labute approximate surface area is 159 Å². The minimum atomic E-state index is -3.60. The minimum absolute atomic E-state index is 0.255. The van der Waals surface area contributed by atoms with Crippen molar-refractivity contribution in [3.05, 3.63) is 35.9 Å². The Bertz CT molecular complexity index is 886. The normalized spacial score (nSPS) is 18.1. The predicted molar refractivity (Wildman–Crippen MR) is 98.7 cm³/mol. The molecule has 1 aromatic carbocycles. The summed E-state index contributed by atoms with van der Waals surface area (Å²) in [5.74, 6) is 1.40. The van der Waals surface area contributed by atoms with Gasteiger partial charge in [0.1, 0.15) is 11.9 Å². The molecule has 3 rings (SSSR count). The second kappa shape index (κ2) is 8.10. The van der Waals surface area contributed by atoms with Gasteiger partial charge in [-0.05, 0) is 43.5 Å². The predicted octanol–water partition coefficient (Wildman–Crippen LogP) is 2.03. The second-order valence-electron chi connectivity index (χ2n) is 6.29. The van der Waals surface area contributed by atoms with Crippen LogP contribution in [0, 0.1) is 6.92 Å². The first-order chi connectivity index (χ1) is 12.9. The Balaban J connectivity index is 1.73. The molecular weight excluding hydrogens is 370 g/mol. The van der Waals surface area contributed by atoms with Crippen LogP contribution >= 0.6 is 0 Å². The summed E-state index contributed by atoms with van der Waals surface area (Å²) in [6.07, 6.45) is 1.18. The van der Waals surface area contributed by atoms with Gasteiger partial charge >= 0.3 is 0 Å². The van der Waals surface area contributed by atoms with Crippen LogP contribution in [0.1, 0.15) is 18.4 Å². The summed E-state index contributed by atoms with van der Waals surface area (Å²) in [6, 6.07) is 8.19. The van der Waals surface area contributed by atoms with Gasteiger partial charge in [-0.25, -0.2) is 8.42 Å². The first kappa shape index (κ1) is 19.4. The van der Waals surface area contributed by atoms with E-state index in [1.54, 1.807) is 37.4 Å². The van der Waals surface area contributed by atoms with Gasteiger partial charge in [-0.15, -0.1) is 10.2 Å². The number of hydrogen-bond donors (Lipinski definition) is 0. The highest BCUT2D eigenvalue weighted by molar-refractivity contribution is 7.89. The lowest BCUT2D eigenvalue weighted by molar-refractivity contribution is 0.123. The summed E-state index contributed by atoms with van der Waals surface area (Å²) < 4.78 is 43.5. The Morgan fingerprint density at radius 1 is 1.07 bits per heavy atom.